The third-order valence-corrected chi connectivity index (χ3v) is 8.07. The lowest BCUT2D eigenvalue weighted by Crippen LogP contribution is -2.27. The van der Waals surface area contributed by atoms with Gasteiger partial charge < -0.3 is 9.47 Å². The molecule has 0 bridgehead atoms. The molecule has 1 aliphatic rings. The van der Waals surface area contributed by atoms with Gasteiger partial charge in [-0.2, -0.15) is 9.97 Å². The average Bonchev–Trinajstić information content (AvgIpc) is 3.58. The second kappa shape index (κ2) is 9.00. The molecule has 4 rings (SSSR count). The van der Waals surface area contributed by atoms with Crippen LogP contribution in [-0.4, -0.2) is 62.6 Å². The molecule has 3 heterocycles. The van der Waals surface area contributed by atoms with E-state index in [-0.39, 0.29) is 29.3 Å². The molecule has 11 nitrogen and oxygen atoms in total. The Hall–Kier alpha value is -3.15. The van der Waals surface area contributed by atoms with E-state index in [1.807, 2.05) is 13.8 Å². The summed E-state index contributed by atoms with van der Waals surface area (Å²) in [4.78, 5) is 17.0. The van der Waals surface area contributed by atoms with Crippen molar-refractivity contribution in [3.8, 4) is 17.4 Å². The maximum Gasteiger partial charge on any atom is 0.245 e. The van der Waals surface area contributed by atoms with Crippen molar-refractivity contribution in [2.24, 2.45) is 0 Å². The molecule has 0 saturated heterocycles. The van der Waals surface area contributed by atoms with Crippen LogP contribution >= 0.6 is 0 Å². The van der Waals surface area contributed by atoms with Gasteiger partial charge in [0.15, 0.2) is 21.3 Å². The van der Waals surface area contributed by atoms with Crippen molar-refractivity contribution in [3.63, 3.8) is 0 Å². The lowest BCUT2D eigenvalue weighted by Gasteiger charge is -2.20. The molecule has 2 atom stereocenters. The van der Waals surface area contributed by atoms with Gasteiger partial charge in [-0.25, -0.2) is 18.4 Å². The first-order valence-electron chi connectivity index (χ1n) is 10.6. The molecule has 3 aromatic heterocycles. The van der Waals surface area contributed by atoms with Gasteiger partial charge in [0.1, 0.15) is 23.7 Å². The summed E-state index contributed by atoms with van der Waals surface area (Å²) in [6.45, 7) is 5.36. The fourth-order valence-corrected chi connectivity index (χ4v) is 5.13. The van der Waals surface area contributed by atoms with Crippen molar-refractivity contribution in [1.29, 1.82) is 0 Å². The summed E-state index contributed by atoms with van der Waals surface area (Å²) in [7, 11) is -0.698. The van der Waals surface area contributed by atoms with E-state index in [0.717, 1.165) is 18.4 Å². The predicted molar refractivity (Wildman–Crippen MR) is 119 cm³/mol. The van der Waals surface area contributed by atoms with E-state index in [9.17, 15) is 8.42 Å². The van der Waals surface area contributed by atoms with Crippen LogP contribution in [0.15, 0.2) is 18.7 Å². The molecule has 0 radical (unpaired) electrons. The van der Waals surface area contributed by atoms with Gasteiger partial charge in [-0.05, 0) is 32.3 Å². The van der Waals surface area contributed by atoms with Gasteiger partial charge in [0.25, 0.3) is 0 Å². The Labute approximate surface area is 192 Å². The van der Waals surface area contributed by atoms with Crippen molar-refractivity contribution in [3.05, 3.63) is 41.8 Å². The first kappa shape index (κ1) is 23.0. The zero-order valence-electron chi connectivity index (χ0n) is 19.3. The normalized spacial score (nSPS) is 15.8. The summed E-state index contributed by atoms with van der Waals surface area (Å²) in [5.74, 6) is 1.33. The second-order valence-electron chi connectivity index (χ2n) is 8.24. The number of nitrogens with zero attached hydrogens (tertiary/aromatic N) is 7. The Morgan fingerprint density at radius 3 is 2.18 bits per heavy atom. The molecular weight excluding hydrogens is 446 g/mol. The summed E-state index contributed by atoms with van der Waals surface area (Å²) >= 11 is 0. The van der Waals surface area contributed by atoms with E-state index in [1.54, 1.807) is 23.9 Å². The van der Waals surface area contributed by atoms with E-state index in [0.29, 0.717) is 17.3 Å². The number of rotatable bonds is 9. The molecule has 0 spiro atoms. The SMILES string of the molecule is COc1ncnc(OC)c1-n1c(CS(=O)(=O)[C@@H](C)[C@H](C)c2ncc(C)cn2)nnc1C1CC1. The van der Waals surface area contributed by atoms with Crippen LogP contribution in [-0.2, 0) is 15.6 Å². The fraction of sp³-hybridized carbons (Fsp3) is 0.524. The molecule has 176 valence electrons. The Bertz CT molecular complexity index is 1220. The van der Waals surface area contributed by atoms with Crippen molar-refractivity contribution in [2.75, 3.05) is 14.2 Å². The van der Waals surface area contributed by atoms with Gasteiger partial charge in [-0.1, -0.05) is 6.92 Å². The Morgan fingerprint density at radius 1 is 1.03 bits per heavy atom. The van der Waals surface area contributed by atoms with Gasteiger partial charge in [-0.3, -0.25) is 4.57 Å². The maximum absolute atomic E-state index is 13.4. The van der Waals surface area contributed by atoms with Crippen LogP contribution in [0.3, 0.4) is 0 Å². The highest BCUT2D eigenvalue weighted by Gasteiger charge is 2.36. The molecule has 1 aliphatic carbocycles. The second-order valence-corrected chi connectivity index (χ2v) is 10.6. The highest BCUT2D eigenvalue weighted by molar-refractivity contribution is 7.91. The standard InChI is InChI=1S/C21H27N7O4S/c1-12-8-22-18(23-9-12)13(2)14(3)33(29,30)10-16-26-27-19(15-6-7-15)28(16)17-20(31-4)24-11-25-21(17)32-5/h8-9,11,13-15H,6-7,10H2,1-5H3/t13-,14-/m0/s1. The van der Waals surface area contributed by atoms with Crippen molar-refractivity contribution in [2.45, 2.75) is 56.5 Å². The molecule has 1 fully saturated rings. The van der Waals surface area contributed by atoms with Crippen LogP contribution in [0.2, 0.25) is 0 Å². The van der Waals surface area contributed by atoms with Gasteiger partial charge in [0.2, 0.25) is 11.8 Å². The fourth-order valence-electron chi connectivity index (χ4n) is 3.58. The number of ether oxygens (including phenoxy) is 2. The molecule has 0 aromatic carbocycles. The molecule has 1 saturated carbocycles. The number of hydrogen-bond acceptors (Lipinski definition) is 10. The van der Waals surface area contributed by atoms with E-state index in [4.69, 9.17) is 9.47 Å². The zero-order chi connectivity index (χ0) is 23.8. The van der Waals surface area contributed by atoms with Crippen LogP contribution < -0.4 is 9.47 Å². The van der Waals surface area contributed by atoms with E-state index in [1.165, 1.54) is 20.5 Å². The molecule has 0 aliphatic heterocycles. The number of aromatic nitrogens is 7. The Kier molecular flexibility index (Phi) is 6.28. The number of hydrogen-bond donors (Lipinski definition) is 0. The van der Waals surface area contributed by atoms with Gasteiger partial charge in [0, 0.05) is 24.2 Å². The molecule has 33 heavy (non-hydrogen) atoms. The van der Waals surface area contributed by atoms with E-state index >= 15 is 0 Å². The maximum atomic E-state index is 13.4. The van der Waals surface area contributed by atoms with Crippen LogP contribution in [0.4, 0.5) is 0 Å². The van der Waals surface area contributed by atoms with Crippen LogP contribution in [0.1, 0.15) is 61.6 Å². The molecule has 12 heteroatoms. The third-order valence-electron chi connectivity index (χ3n) is 5.87. The predicted octanol–water partition coefficient (Wildman–Crippen LogP) is 2.16. The molecule has 0 N–H and O–H groups in total. The van der Waals surface area contributed by atoms with Crippen molar-refractivity contribution in [1.82, 2.24) is 34.7 Å². The molecule has 0 unspecified atom stereocenters. The highest BCUT2D eigenvalue weighted by atomic mass is 32.2. The summed E-state index contributed by atoms with van der Waals surface area (Å²) in [5, 5.41) is 7.83. The average molecular weight is 474 g/mol. The number of methoxy groups -OCH3 is 2. The van der Waals surface area contributed by atoms with E-state index < -0.39 is 21.0 Å². The smallest absolute Gasteiger partial charge is 0.245 e. The quantitative estimate of drug-likeness (QED) is 0.455. The van der Waals surface area contributed by atoms with Crippen molar-refractivity contribution >= 4 is 9.84 Å². The third kappa shape index (κ3) is 4.52. The molecule has 3 aromatic rings. The Balaban J connectivity index is 1.73. The monoisotopic (exact) mass is 473 g/mol. The van der Waals surface area contributed by atoms with E-state index in [2.05, 4.69) is 30.1 Å². The minimum atomic E-state index is -3.66. The summed E-state index contributed by atoms with van der Waals surface area (Å²) in [6, 6.07) is 0. The summed E-state index contributed by atoms with van der Waals surface area (Å²) in [6.07, 6.45) is 6.59. The van der Waals surface area contributed by atoms with Crippen molar-refractivity contribution < 1.29 is 17.9 Å². The molecule has 0 amide bonds. The van der Waals surface area contributed by atoms with Crippen LogP contribution in [0, 0.1) is 6.92 Å². The van der Waals surface area contributed by atoms with Crippen LogP contribution in [0.25, 0.3) is 5.69 Å². The first-order valence-corrected chi connectivity index (χ1v) is 12.4. The lowest BCUT2D eigenvalue weighted by atomic mass is 10.1. The topological polar surface area (TPSA) is 135 Å². The minimum absolute atomic E-state index is 0.181. The zero-order valence-corrected chi connectivity index (χ0v) is 20.1. The summed E-state index contributed by atoms with van der Waals surface area (Å²) < 4.78 is 39.4. The van der Waals surface area contributed by atoms with Gasteiger partial charge in [-0.15, -0.1) is 10.2 Å². The minimum Gasteiger partial charge on any atom is -0.479 e. The highest BCUT2D eigenvalue weighted by Crippen LogP contribution is 2.42. The summed E-state index contributed by atoms with van der Waals surface area (Å²) in [5.41, 5.74) is 1.30. The van der Waals surface area contributed by atoms with Gasteiger partial charge >= 0.3 is 0 Å². The lowest BCUT2D eigenvalue weighted by molar-refractivity contribution is 0.367. The largest absolute Gasteiger partial charge is 0.479 e. The first-order chi connectivity index (χ1) is 15.8. The number of sulfone groups is 1. The Morgan fingerprint density at radius 2 is 1.64 bits per heavy atom. The van der Waals surface area contributed by atoms with Gasteiger partial charge in [0.05, 0.1) is 19.5 Å². The molecular formula is C21H27N7O4S. The van der Waals surface area contributed by atoms with Crippen LogP contribution in [0.5, 0.6) is 11.8 Å². The number of aryl methyl sites for hydroxylation is 1.